The lowest BCUT2D eigenvalue weighted by Crippen LogP contribution is -2.29. The second kappa shape index (κ2) is 8.79. The average molecular weight is 274 g/mol. The van der Waals surface area contributed by atoms with Crippen LogP contribution in [0.2, 0.25) is 0 Å². The molecule has 0 aromatic heterocycles. The van der Waals surface area contributed by atoms with E-state index in [-0.39, 0.29) is 12.6 Å². The molecule has 1 rings (SSSR count). The molecule has 3 N–H and O–H groups in total. The van der Waals surface area contributed by atoms with Crippen LogP contribution >= 0.6 is 0 Å². The smallest absolute Gasteiger partial charge is 0.261 e. The Hall–Kier alpha value is -1.24. The Bertz CT molecular complexity index is 364. The summed E-state index contributed by atoms with van der Waals surface area (Å²) in [4.78, 5) is 0. The van der Waals surface area contributed by atoms with Crippen LogP contribution in [0.1, 0.15) is 24.9 Å². The topological polar surface area (TPSA) is 56.5 Å². The largest absolute Gasteiger partial charge is 0.494 e. The van der Waals surface area contributed by atoms with Crippen molar-refractivity contribution in [2.24, 2.45) is 5.84 Å². The highest BCUT2D eigenvalue weighted by Gasteiger charge is 2.14. The molecule has 6 heteroatoms. The van der Waals surface area contributed by atoms with Gasteiger partial charge in [-0.2, -0.15) is 0 Å². The molecule has 1 aromatic carbocycles. The summed E-state index contributed by atoms with van der Waals surface area (Å²) in [6.07, 6.45) is -1.95. The first kappa shape index (κ1) is 15.8. The highest BCUT2D eigenvalue weighted by atomic mass is 19.3. The van der Waals surface area contributed by atoms with Crippen LogP contribution in [0.25, 0.3) is 0 Å². The Kier molecular flexibility index (Phi) is 7.32. The quantitative estimate of drug-likeness (QED) is 0.412. The molecule has 1 atom stereocenters. The van der Waals surface area contributed by atoms with Gasteiger partial charge in [-0.3, -0.25) is 11.3 Å². The fourth-order valence-corrected chi connectivity index (χ4v) is 1.76. The number of hydrogen-bond donors (Lipinski definition) is 2. The molecular weight excluding hydrogens is 254 g/mol. The highest BCUT2D eigenvalue weighted by Crippen LogP contribution is 2.26. The van der Waals surface area contributed by atoms with E-state index < -0.39 is 13.0 Å². The van der Waals surface area contributed by atoms with E-state index in [1.807, 2.05) is 31.2 Å². The molecule has 0 radical (unpaired) electrons. The number of rotatable bonds is 9. The van der Waals surface area contributed by atoms with E-state index in [0.29, 0.717) is 13.0 Å². The molecule has 4 nitrogen and oxygen atoms in total. The lowest BCUT2D eigenvalue weighted by Gasteiger charge is -2.19. The Labute approximate surface area is 111 Å². The van der Waals surface area contributed by atoms with E-state index >= 15 is 0 Å². The van der Waals surface area contributed by atoms with Crippen molar-refractivity contribution in [1.82, 2.24) is 5.43 Å². The van der Waals surface area contributed by atoms with Crippen molar-refractivity contribution < 1.29 is 18.3 Å². The van der Waals surface area contributed by atoms with E-state index in [4.69, 9.17) is 15.3 Å². The number of halogens is 2. The summed E-state index contributed by atoms with van der Waals surface area (Å²) in [5.41, 5.74) is 3.55. The Morgan fingerprint density at radius 1 is 1.32 bits per heavy atom. The Morgan fingerprint density at radius 3 is 2.68 bits per heavy atom. The van der Waals surface area contributed by atoms with Crippen LogP contribution in [-0.2, 0) is 4.74 Å². The summed E-state index contributed by atoms with van der Waals surface area (Å²) >= 11 is 0. The molecule has 19 heavy (non-hydrogen) atoms. The number of nitrogens with one attached hydrogen (secondary N) is 1. The summed E-state index contributed by atoms with van der Waals surface area (Å²) in [6, 6.07) is 7.30. The van der Waals surface area contributed by atoms with E-state index in [2.05, 4.69) is 5.43 Å². The minimum atomic E-state index is -2.44. The minimum Gasteiger partial charge on any atom is -0.494 e. The van der Waals surface area contributed by atoms with Crippen molar-refractivity contribution in [3.63, 3.8) is 0 Å². The molecule has 0 bridgehead atoms. The maximum absolute atomic E-state index is 11.9. The highest BCUT2D eigenvalue weighted by molar-refractivity contribution is 5.35. The standard InChI is InChI=1S/C13H20F2N2O2/c1-2-19-12-6-4-3-5-10(12)11(17-16)7-8-18-9-13(14)15/h3-6,11,13,17H,2,7-9,16H2,1H3. The van der Waals surface area contributed by atoms with Crippen LogP contribution in [0.3, 0.4) is 0 Å². The zero-order valence-electron chi connectivity index (χ0n) is 10.9. The SMILES string of the molecule is CCOc1ccccc1C(CCOCC(F)F)NN. The third-order valence-electron chi connectivity index (χ3n) is 2.59. The fraction of sp³-hybridized carbons (Fsp3) is 0.538. The summed E-state index contributed by atoms with van der Waals surface area (Å²) in [5.74, 6) is 6.24. The number of alkyl halides is 2. The number of hydrogen-bond acceptors (Lipinski definition) is 4. The maximum Gasteiger partial charge on any atom is 0.261 e. The zero-order valence-corrected chi connectivity index (χ0v) is 10.9. The van der Waals surface area contributed by atoms with Crippen LogP contribution in [-0.4, -0.2) is 26.2 Å². The lowest BCUT2D eigenvalue weighted by molar-refractivity contribution is 0.0143. The maximum atomic E-state index is 11.9. The molecule has 1 unspecified atom stereocenters. The van der Waals surface area contributed by atoms with Gasteiger partial charge in [-0.05, 0) is 19.4 Å². The van der Waals surface area contributed by atoms with Crippen molar-refractivity contribution in [2.75, 3.05) is 19.8 Å². The fourth-order valence-electron chi connectivity index (χ4n) is 1.76. The average Bonchev–Trinajstić information content (AvgIpc) is 2.40. The molecule has 0 aliphatic carbocycles. The zero-order chi connectivity index (χ0) is 14.1. The Balaban J connectivity index is 2.58. The molecule has 0 amide bonds. The molecule has 108 valence electrons. The lowest BCUT2D eigenvalue weighted by atomic mass is 10.0. The monoisotopic (exact) mass is 274 g/mol. The van der Waals surface area contributed by atoms with Gasteiger partial charge in [0.25, 0.3) is 6.43 Å². The molecule has 0 fully saturated rings. The van der Waals surface area contributed by atoms with Crippen LogP contribution in [0.4, 0.5) is 8.78 Å². The van der Waals surface area contributed by atoms with E-state index in [0.717, 1.165) is 11.3 Å². The first-order valence-corrected chi connectivity index (χ1v) is 6.22. The van der Waals surface area contributed by atoms with Crippen LogP contribution < -0.4 is 16.0 Å². The van der Waals surface area contributed by atoms with Gasteiger partial charge in [0.15, 0.2) is 0 Å². The number of hydrazine groups is 1. The van der Waals surface area contributed by atoms with Crippen molar-refractivity contribution in [1.29, 1.82) is 0 Å². The molecule has 0 heterocycles. The van der Waals surface area contributed by atoms with Gasteiger partial charge in [0.05, 0.1) is 12.6 Å². The predicted molar refractivity (Wildman–Crippen MR) is 69.1 cm³/mol. The first-order valence-electron chi connectivity index (χ1n) is 6.22. The van der Waals surface area contributed by atoms with Crippen molar-refractivity contribution >= 4 is 0 Å². The van der Waals surface area contributed by atoms with Gasteiger partial charge in [0.2, 0.25) is 0 Å². The molecular formula is C13H20F2N2O2. The summed E-state index contributed by atoms with van der Waals surface area (Å²) in [5, 5.41) is 0. The van der Waals surface area contributed by atoms with Crippen molar-refractivity contribution in [2.45, 2.75) is 25.8 Å². The normalized spacial score (nSPS) is 12.7. The number of benzene rings is 1. The summed E-state index contributed by atoms with van der Waals surface area (Å²) in [6.45, 7) is 2.10. The van der Waals surface area contributed by atoms with Gasteiger partial charge in [-0.25, -0.2) is 8.78 Å². The Morgan fingerprint density at radius 2 is 2.05 bits per heavy atom. The van der Waals surface area contributed by atoms with Crippen LogP contribution in [0, 0.1) is 0 Å². The molecule has 1 aromatic rings. The van der Waals surface area contributed by atoms with Crippen LogP contribution in [0.15, 0.2) is 24.3 Å². The third kappa shape index (κ3) is 5.50. The van der Waals surface area contributed by atoms with Gasteiger partial charge < -0.3 is 9.47 Å². The van der Waals surface area contributed by atoms with E-state index in [1.165, 1.54) is 0 Å². The molecule has 0 saturated carbocycles. The van der Waals surface area contributed by atoms with Gasteiger partial charge >= 0.3 is 0 Å². The third-order valence-corrected chi connectivity index (χ3v) is 2.59. The van der Waals surface area contributed by atoms with E-state index in [1.54, 1.807) is 0 Å². The molecule has 0 aliphatic heterocycles. The summed E-state index contributed by atoms with van der Waals surface area (Å²) in [7, 11) is 0. The number of nitrogens with two attached hydrogens (primary N) is 1. The van der Waals surface area contributed by atoms with Gasteiger partial charge in [-0.15, -0.1) is 0 Å². The predicted octanol–water partition coefficient (Wildman–Crippen LogP) is 2.26. The van der Waals surface area contributed by atoms with Crippen LogP contribution in [0.5, 0.6) is 5.75 Å². The first-order chi connectivity index (χ1) is 9.19. The van der Waals surface area contributed by atoms with Crippen molar-refractivity contribution in [3.05, 3.63) is 29.8 Å². The minimum absolute atomic E-state index is 0.194. The van der Waals surface area contributed by atoms with Gasteiger partial charge in [0.1, 0.15) is 12.4 Å². The molecule has 0 aliphatic rings. The second-order valence-corrected chi connectivity index (χ2v) is 3.94. The summed E-state index contributed by atoms with van der Waals surface area (Å²) < 4.78 is 34.3. The number of ether oxygens (including phenoxy) is 2. The van der Waals surface area contributed by atoms with E-state index in [9.17, 15) is 8.78 Å². The molecule has 0 saturated heterocycles. The van der Waals surface area contributed by atoms with Gasteiger partial charge in [0, 0.05) is 12.2 Å². The van der Waals surface area contributed by atoms with Crippen molar-refractivity contribution in [3.8, 4) is 5.75 Å². The molecule has 0 spiro atoms. The second-order valence-electron chi connectivity index (χ2n) is 3.94. The van der Waals surface area contributed by atoms with Gasteiger partial charge in [-0.1, -0.05) is 18.2 Å². The number of para-hydroxylation sites is 1.